The number of rotatable bonds is 7. The fraction of sp³-hybridized carbons (Fsp3) is 0.304. The van der Waals surface area contributed by atoms with Crippen molar-refractivity contribution < 1.29 is 23.9 Å². The molecule has 8 heteroatoms. The van der Waals surface area contributed by atoms with Crippen molar-refractivity contribution in [1.82, 2.24) is 10.2 Å². The van der Waals surface area contributed by atoms with Crippen LogP contribution in [0.25, 0.3) is 11.1 Å². The summed E-state index contributed by atoms with van der Waals surface area (Å²) < 4.78 is 5.17. The van der Waals surface area contributed by atoms with E-state index >= 15 is 0 Å². The summed E-state index contributed by atoms with van der Waals surface area (Å²) in [6.07, 6.45) is -0.724. The molecular formula is C23H25N3O5. The third kappa shape index (κ3) is 4.74. The van der Waals surface area contributed by atoms with E-state index in [9.17, 15) is 19.2 Å². The van der Waals surface area contributed by atoms with Crippen LogP contribution >= 0.6 is 0 Å². The summed E-state index contributed by atoms with van der Waals surface area (Å²) in [5.41, 5.74) is 1.30. The lowest BCUT2D eigenvalue weighted by atomic mass is 9.99. The Bertz CT molecular complexity index is 1010. The van der Waals surface area contributed by atoms with Gasteiger partial charge >= 0.3 is 12.0 Å². The number of benzene rings is 2. The van der Waals surface area contributed by atoms with Gasteiger partial charge < -0.3 is 15.4 Å². The van der Waals surface area contributed by atoms with Crippen LogP contribution in [-0.4, -0.2) is 46.9 Å². The fourth-order valence-corrected chi connectivity index (χ4v) is 3.24. The Kier molecular flexibility index (Phi) is 6.39. The first-order chi connectivity index (χ1) is 14.7. The molecular weight excluding hydrogens is 398 g/mol. The molecule has 2 atom stereocenters. The molecule has 31 heavy (non-hydrogen) atoms. The third-order valence-corrected chi connectivity index (χ3v) is 5.29. The smallest absolute Gasteiger partial charge is 0.327 e. The van der Waals surface area contributed by atoms with Crippen LogP contribution in [0.3, 0.4) is 0 Å². The SMILES string of the molecule is CC[C@@]1(C)NC(=O)N(CC(=O)O[C@@H](C)C(=O)Nc2ccccc2-c2ccccc2)C1=O. The molecule has 2 aromatic rings. The van der Waals surface area contributed by atoms with Gasteiger partial charge in [-0.15, -0.1) is 0 Å². The number of urea groups is 1. The van der Waals surface area contributed by atoms with E-state index in [1.807, 2.05) is 42.5 Å². The molecule has 0 unspecified atom stereocenters. The number of amides is 4. The van der Waals surface area contributed by atoms with Gasteiger partial charge in [-0.1, -0.05) is 55.5 Å². The summed E-state index contributed by atoms with van der Waals surface area (Å²) in [6, 6.07) is 16.2. The van der Waals surface area contributed by atoms with Crippen molar-refractivity contribution in [2.24, 2.45) is 0 Å². The summed E-state index contributed by atoms with van der Waals surface area (Å²) >= 11 is 0. The van der Waals surface area contributed by atoms with E-state index in [1.54, 1.807) is 26.0 Å². The number of hydrogen-bond donors (Lipinski definition) is 2. The fourth-order valence-electron chi connectivity index (χ4n) is 3.24. The minimum atomic E-state index is -1.12. The van der Waals surface area contributed by atoms with Gasteiger partial charge in [0.2, 0.25) is 0 Å². The highest BCUT2D eigenvalue weighted by molar-refractivity contribution is 6.08. The summed E-state index contributed by atoms with van der Waals surface area (Å²) in [7, 11) is 0. The topological polar surface area (TPSA) is 105 Å². The number of nitrogens with one attached hydrogen (secondary N) is 2. The van der Waals surface area contributed by atoms with Crippen LogP contribution in [0.1, 0.15) is 27.2 Å². The van der Waals surface area contributed by atoms with Crippen LogP contribution in [0.4, 0.5) is 10.5 Å². The highest BCUT2D eigenvalue weighted by Gasteiger charge is 2.47. The van der Waals surface area contributed by atoms with Gasteiger partial charge in [0.15, 0.2) is 6.10 Å². The van der Waals surface area contributed by atoms with Gasteiger partial charge in [0.25, 0.3) is 11.8 Å². The lowest BCUT2D eigenvalue weighted by Crippen LogP contribution is -2.44. The maximum atomic E-state index is 12.6. The van der Waals surface area contributed by atoms with Gasteiger partial charge in [0.05, 0.1) is 0 Å². The summed E-state index contributed by atoms with van der Waals surface area (Å²) in [4.78, 5) is 50.1. The number of ether oxygens (including phenoxy) is 1. The Morgan fingerprint density at radius 2 is 1.74 bits per heavy atom. The zero-order valence-electron chi connectivity index (χ0n) is 17.7. The number of hydrogen-bond acceptors (Lipinski definition) is 5. The summed E-state index contributed by atoms with van der Waals surface area (Å²) in [5, 5.41) is 5.34. The molecule has 1 fully saturated rings. The zero-order valence-corrected chi connectivity index (χ0v) is 17.7. The maximum absolute atomic E-state index is 12.6. The molecule has 1 heterocycles. The third-order valence-electron chi connectivity index (χ3n) is 5.29. The molecule has 1 aliphatic rings. The van der Waals surface area contributed by atoms with Gasteiger partial charge in [-0.2, -0.15) is 0 Å². The average molecular weight is 423 g/mol. The number of imide groups is 1. The highest BCUT2D eigenvalue weighted by Crippen LogP contribution is 2.27. The Morgan fingerprint density at radius 3 is 2.39 bits per heavy atom. The van der Waals surface area contributed by atoms with E-state index in [4.69, 9.17) is 4.74 Å². The molecule has 8 nitrogen and oxygen atoms in total. The largest absolute Gasteiger partial charge is 0.451 e. The molecule has 4 amide bonds. The van der Waals surface area contributed by atoms with Gasteiger partial charge in [-0.05, 0) is 31.9 Å². The second-order valence-electron chi connectivity index (χ2n) is 7.54. The molecule has 0 aliphatic carbocycles. The summed E-state index contributed by atoms with van der Waals surface area (Å²) in [5.74, 6) is -1.86. The van der Waals surface area contributed by atoms with Gasteiger partial charge in [-0.3, -0.25) is 19.3 Å². The second kappa shape index (κ2) is 8.99. The van der Waals surface area contributed by atoms with E-state index in [0.29, 0.717) is 12.1 Å². The van der Waals surface area contributed by atoms with Crippen molar-refractivity contribution in [2.45, 2.75) is 38.8 Å². The van der Waals surface area contributed by atoms with Crippen molar-refractivity contribution in [2.75, 3.05) is 11.9 Å². The number of esters is 1. The Hall–Kier alpha value is -3.68. The molecule has 0 saturated carbocycles. The molecule has 2 N–H and O–H groups in total. The Morgan fingerprint density at radius 1 is 1.10 bits per heavy atom. The molecule has 0 spiro atoms. The molecule has 2 aromatic carbocycles. The maximum Gasteiger partial charge on any atom is 0.327 e. The lowest BCUT2D eigenvalue weighted by molar-refractivity contribution is -0.155. The van der Waals surface area contributed by atoms with E-state index in [2.05, 4.69) is 10.6 Å². The van der Waals surface area contributed by atoms with E-state index < -0.39 is 42.0 Å². The normalized spacial score (nSPS) is 19.0. The highest BCUT2D eigenvalue weighted by atomic mass is 16.5. The molecule has 1 saturated heterocycles. The Labute approximate surface area is 180 Å². The summed E-state index contributed by atoms with van der Waals surface area (Å²) in [6.45, 7) is 4.23. The lowest BCUT2D eigenvalue weighted by Gasteiger charge is -2.19. The molecule has 1 aliphatic heterocycles. The van der Waals surface area contributed by atoms with E-state index in [-0.39, 0.29) is 0 Å². The molecule has 162 valence electrons. The number of anilines is 1. The van der Waals surface area contributed by atoms with Crippen LogP contribution in [0.5, 0.6) is 0 Å². The average Bonchev–Trinajstić information content (AvgIpc) is 2.98. The number of para-hydroxylation sites is 1. The first-order valence-electron chi connectivity index (χ1n) is 10.0. The number of carbonyl (C=O) groups excluding carboxylic acids is 4. The second-order valence-corrected chi connectivity index (χ2v) is 7.54. The predicted molar refractivity (Wildman–Crippen MR) is 115 cm³/mol. The van der Waals surface area contributed by atoms with Crippen LogP contribution in [0.2, 0.25) is 0 Å². The minimum Gasteiger partial charge on any atom is -0.451 e. The van der Waals surface area contributed by atoms with Gasteiger partial charge in [-0.25, -0.2) is 4.79 Å². The molecule has 0 aromatic heterocycles. The van der Waals surface area contributed by atoms with Crippen LogP contribution in [0.15, 0.2) is 54.6 Å². The van der Waals surface area contributed by atoms with Crippen molar-refractivity contribution in [1.29, 1.82) is 0 Å². The molecule has 0 bridgehead atoms. The minimum absolute atomic E-state index is 0.392. The van der Waals surface area contributed by atoms with Crippen molar-refractivity contribution >= 4 is 29.5 Å². The van der Waals surface area contributed by atoms with Crippen LogP contribution in [0, 0.1) is 0 Å². The number of carbonyl (C=O) groups is 4. The van der Waals surface area contributed by atoms with E-state index in [1.165, 1.54) is 6.92 Å². The number of nitrogens with zero attached hydrogens (tertiary/aromatic N) is 1. The monoisotopic (exact) mass is 423 g/mol. The zero-order chi connectivity index (χ0) is 22.6. The van der Waals surface area contributed by atoms with Crippen molar-refractivity contribution in [3.63, 3.8) is 0 Å². The van der Waals surface area contributed by atoms with Crippen LogP contribution < -0.4 is 10.6 Å². The van der Waals surface area contributed by atoms with Gasteiger partial charge in [0.1, 0.15) is 12.1 Å². The van der Waals surface area contributed by atoms with E-state index in [0.717, 1.165) is 16.0 Å². The first kappa shape index (κ1) is 22.0. The van der Waals surface area contributed by atoms with Crippen LogP contribution in [-0.2, 0) is 19.1 Å². The molecule has 0 radical (unpaired) electrons. The standard InChI is InChI=1S/C23H25N3O5/c1-4-23(3)21(29)26(22(30)25-23)14-19(27)31-15(2)20(28)24-18-13-9-8-12-17(18)16-10-6-5-7-11-16/h5-13,15H,4,14H2,1-3H3,(H,24,28)(H,25,30)/t15-,23+/m0/s1. The first-order valence-corrected chi connectivity index (χ1v) is 10.0. The van der Waals surface area contributed by atoms with Gasteiger partial charge in [0, 0.05) is 11.3 Å². The van der Waals surface area contributed by atoms with Crippen molar-refractivity contribution in [3.8, 4) is 11.1 Å². The predicted octanol–water partition coefficient (Wildman–Crippen LogP) is 2.94. The molecule has 3 rings (SSSR count). The Balaban J connectivity index is 1.63. The van der Waals surface area contributed by atoms with Crippen molar-refractivity contribution in [3.05, 3.63) is 54.6 Å². The quantitative estimate of drug-likeness (QED) is 0.526.